The van der Waals surface area contributed by atoms with Crippen LogP contribution in [-0.4, -0.2) is 40.1 Å². The second-order valence-corrected chi connectivity index (χ2v) is 6.49. The summed E-state index contributed by atoms with van der Waals surface area (Å²) >= 11 is 0. The van der Waals surface area contributed by atoms with E-state index in [9.17, 15) is 0 Å². The first-order chi connectivity index (χ1) is 9.58. The van der Waals surface area contributed by atoms with Gasteiger partial charge in [0.25, 0.3) is 0 Å². The minimum atomic E-state index is 0.490. The SMILES string of the molecule is CC1CCCC(c2cncn2CCCN(C)C(C)C)N1. The van der Waals surface area contributed by atoms with Gasteiger partial charge in [-0.15, -0.1) is 0 Å². The van der Waals surface area contributed by atoms with Crippen LogP contribution in [0.5, 0.6) is 0 Å². The van der Waals surface area contributed by atoms with Crippen LogP contribution in [0.3, 0.4) is 0 Å². The van der Waals surface area contributed by atoms with Gasteiger partial charge in [0, 0.05) is 30.9 Å². The molecule has 0 aliphatic carbocycles. The Labute approximate surface area is 123 Å². The van der Waals surface area contributed by atoms with Crippen LogP contribution in [0.25, 0.3) is 0 Å². The van der Waals surface area contributed by atoms with Gasteiger partial charge in [0.1, 0.15) is 0 Å². The number of imidazole rings is 1. The van der Waals surface area contributed by atoms with Gasteiger partial charge in [0.05, 0.1) is 12.0 Å². The Morgan fingerprint density at radius 3 is 2.95 bits per heavy atom. The number of hydrogen-bond donors (Lipinski definition) is 1. The van der Waals surface area contributed by atoms with Crippen LogP contribution in [0.15, 0.2) is 12.5 Å². The number of aryl methyl sites for hydroxylation is 1. The summed E-state index contributed by atoms with van der Waals surface area (Å²) in [6.07, 6.45) is 9.07. The molecular weight excluding hydrogens is 248 g/mol. The lowest BCUT2D eigenvalue weighted by Crippen LogP contribution is -2.35. The van der Waals surface area contributed by atoms with Crippen LogP contribution in [0.4, 0.5) is 0 Å². The lowest BCUT2D eigenvalue weighted by atomic mass is 9.97. The van der Waals surface area contributed by atoms with Gasteiger partial charge in [-0.3, -0.25) is 0 Å². The highest BCUT2D eigenvalue weighted by atomic mass is 15.1. The summed E-state index contributed by atoms with van der Waals surface area (Å²) in [5.41, 5.74) is 1.36. The number of hydrogen-bond acceptors (Lipinski definition) is 3. The van der Waals surface area contributed by atoms with Gasteiger partial charge in [-0.2, -0.15) is 0 Å². The van der Waals surface area contributed by atoms with Gasteiger partial charge < -0.3 is 14.8 Å². The molecule has 0 radical (unpaired) electrons. The van der Waals surface area contributed by atoms with E-state index in [0.29, 0.717) is 18.1 Å². The van der Waals surface area contributed by atoms with E-state index in [0.717, 1.165) is 13.1 Å². The van der Waals surface area contributed by atoms with Crippen molar-refractivity contribution in [3.8, 4) is 0 Å². The molecule has 0 amide bonds. The molecule has 1 fully saturated rings. The molecule has 4 nitrogen and oxygen atoms in total. The van der Waals surface area contributed by atoms with Crippen molar-refractivity contribution in [1.82, 2.24) is 19.8 Å². The van der Waals surface area contributed by atoms with Crippen molar-refractivity contribution >= 4 is 0 Å². The Hall–Kier alpha value is -0.870. The van der Waals surface area contributed by atoms with Crippen molar-refractivity contribution in [3.63, 3.8) is 0 Å². The third kappa shape index (κ3) is 4.06. The van der Waals surface area contributed by atoms with E-state index in [4.69, 9.17) is 0 Å². The van der Waals surface area contributed by atoms with E-state index < -0.39 is 0 Å². The molecule has 2 unspecified atom stereocenters. The maximum absolute atomic E-state index is 4.36. The van der Waals surface area contributed by atoms with E-state index in [1.54, 1.807) is 0 Å². The largest absolute Gasteiger partial charge is 0.333 e. The number of nitrogens with one attached hydrogen (secondary N) is 1. The molecule has 0 bridgehead atoms. The second kappa shape index (κ2) is 7.23. The number of rotatable bonds is 6. The Morgan fingerprint density at radius 1 is 1.45 bits per heavy atom. The topological polar surface area (TPSA) is 33.1 Å². The molecule has 1 aromatic heterocycles. The molecule has 1 aliphatic rings. The van der Waals surface area contributed by atoms with Gasteiger partial charge >= 0.3 is 0 Å². The van der Waals surface area contributed by atoms with Gasteiger partial charge in [0.15, 0.2) is 0 Å². The van der Waals surface area contributed by atoms with Crippen LogP contribution in [0.1, 0.15) is 58.2 Å². The average molecular weight is 278 g/mol. The van der Waals surface area contributed by atoms with E-state index in [1.165, 1.54) is 31.4 Å². The van der Waals surface area contributed by atoms with Crippen molar-refractivity contribution in [2.75, 3.05) is 13.6 Å². The maximum atomic E-state index is 4.36. The molecule has 0 aromatic carbocycles. The first-order valence-electron chi connectivity index (χ1n) is 8.04. The molecule has 20 heavy (non-hydrogen) atoms. The molecule has 114 valence electrons. The Bertz CT molecular complexity index is 399. The van der Waals surface area contributed by atoms with Crippen molar-refractivity contribution < 1.29 is 0 Å². The summed E-state index contributed by atoms with van der Waals surface area (Å²) in [5, 5.41) is 3.71. The van der Waals surface area contributed by atoms with Gasteiger partial charge in [-0.25, -0.2) is 4.98 Å². The monoisotopic (exact) mass is 278 g/mol. The third-order valence-electron chi connectivity index (χ3n) is 4.51. The molecule has 1 N–H and O–H groups in total. The van der Waals surface area contributed by atoms with Crippen molar-refractivity contribution in [1.29, 1.82) is 0 Å². The maximum Gasteiger partial charge on any atom is 0.0948 e. The number of nitrogens with zero attached hydrogens (tertiary/aromatic N) is 3. The zero-order chi connectivity index (χ0) is 14.5. The van der Waals surface area contributed by atoms with Crippen LogP contribution >= 0.6 is 0 Å². The zero-order valence-electron chi connectivity index (χ0n) is 13.5. The molecule has 0 spiro atoms. The fourth-order valence-electron chi connectivity index (χ4n) is 2.93. The van der Waals surface area contributed by atoms with Crippen LogP contribution in [-0.2, 0) is 6.54 Å². The van der Waals surface area contributed by atoms with Gasteiger partial charge in [0.2, 0.25) is 0 Å². The highest BCUT2D eigenvalue weighted by Crippen LogP contribution is 2.25. The van der Waals surface area contributed by atoms with Gasteiger partial charge in [-0.1, -0.05) is 0 Å². The average Bonchev–Trinajstić information content (AvgIpc) is 2.87. The molecule has 1 saturated heterocycles. The lowest BCUT2D eigenvalue weighted by Gasteiger charge is -2.29. The molecule has 0 saturated carbocycles. The predicted octanol–water partition coefficient (Wildman–Crippen LogP) is 2.82. The summed E-state index contributed by atoms with van der Waals surface area (Å²) in [6.45, 7) is 8.99. The third-order valence-corrected chi connectivity index (χ3v) is 4.51. The minimum absolute atomic E-state index is 0.490. The fraction of sp³-hybridized carbons (Fsp3) is 0.812. The molecular formula is C16H30N4. The molecule has 2 rings (SSSR count). The highest BCUT2D eigenvalue weighted by molar-refractivity contribution is 5.07. The van der Waals surface area contributed by atoms with Crippen molar-refractivity contribution in [3.05, 3.63) is 18.2 Å². The summed E-state index contributed by atoms with van der Waals surface area (Å²) in [4.78, 5) is 6.76. The number of piperidine rings is 1. The Morgan fingerprint density at radius 2 is 2.25 bits per heavy atom. The van der Waals surface area contributed by atoms with Crippen LogP contribution < -0.4 is 5.32 Å². The first kappa shape index (κ1) is 15.5. The molecule has 1 aliphatic heterocycles. The van der Waals surface area contributed by atoms with E-state index >= 15 is 0 Å². The van der Waals surface area contributed by atoms with Crippen LogP contribution in [0.2, 0.25) is 0 Å². The minimum Gasteiger partial charge on any atom is -0.333 e. The lowest BCUT2D eigenvalue weighted by molar-refractivity contribution is 0.263. The van der Waals surface area contributed by atoms with E-state index in [1.807, 2.05) is 12.5 Å². The standard InChI is InChI=1S/C16H30N4/c1-13(2)19(4)9-6-10-20-12-17-11-16(20)15-8-5-7-14(3)18-15/h11-15,18H,5-10H2,1-4H3. The molecule has 2 atom stereocenters. The Kier molecular flexibility index (Phi) is 5.61. The Balaban J connectivity index is 1.88. The fourth-order valence-corrected chi connectivity index (χ4v) is 2.93. The van der Waals surface area contributed by atoms with Gasteiger partial charge in [-0.05, 0) is 60.0 Å². The predicted molar refractivity (Wildman–Crippen MR) is 83.8 cm³/mol. The van der Waals surface area contributed by atoms with E-state index in [2.05, 4.69) is 47.6 Å². The molecule has 1 aromatic rings. The summed E-state index contributed by atoms with van der Waals surface area (Å²) in [6, 6.07) is 1.74. The summed E-state index contributed by atoms with van der Waals surface area (Å²) in [5.74, 6) is 0. The smallest absolute Gasteiger partial charge is 0.0948 e. The second-order valence-electron chi connectivity index (χ2n) is 6.49. The van der Waals surface area contributed by atoms with E-state index in [-0.39, 0.29) is 0 Å². The van der Waals surface area contributed by atoms with Crippen molar-refractivity contribution in [2.24, 2.45) is 0 Å². The van der Waals surface area contributed by atoms with Crippen LogP contribution in [0, 0.1) is 0 Å². The summed E-state index contributed by atoms with van der Waals surface area (Å²) < 4.78 is 2.34. The number of aromatic nitrogens is 2. The molecule has 2 heterocycles. The summed E-state index contributed by atoms with van der Waals surface area (Å²) in [7, 11) is 2.20. The van der Waals surface area contributed by atoms with Crippen molar-refractivity contribution in [2.45, 2.75) is 71.1 Å². The zero-order valence-corrected chi connectivity index (χ0v) is 13.5. The quantitative estimate of drug-likeness (QED) is 0.868. The highest BCUT2D eigenvalue weighted by Gasteiger charge is 2.21. The first-order valence-corrected chi connectivity index (χ1v) is 8.04. The normalized spacial score (nSPS) is 23.7. The molecule has 4 heteroatoms.